The maximum absolute atomic E-state index is 11.9. The number of rotatable bonds is 10. The van der Waals surface area contributed by atoms with E-state index in [0.717, 1.165) is 51.4 Å². The summed E-state index contributed by atoms with van der Waals surface area (Å²) in [7, 11) is 0. The van der Waals surface area contributed by atoms with E-state index in [1.807, 2.05) is 13.8 Å². The molecule has 0 fully saturated rings. The van der Waals surface area contributed by atoms with Gasteiger partial charge in [0.05, 0.1) is 11.8 Å². The zero-order chi connectivity index (χ0) is 14.7. The first kappa shape index (κ1) is 23.0. The summed E-state index contributed by atoms with van der Waals surface area (Å²) in [6.07, 6.45) is 7.28. The summed E-state index contributed by atoms with van der Waals surface area (Å²) < 4.78 is 5.07. The van der Waals surface area contributed by atoms with Crippen molar-refractivity contribution in [1.29, 1.82) is 0 Å². The van der Waals surface area contributed by atoms with Gasteiger partial charge in [-0.2, -0.15) is 0 Å². The fourth-order valence-corrected chi connectivity index (χ4v) is 2.14. The van der Waals surface area contributed by atoms with Crippen LogP contribution in [0.1, 0.15) is 81.9 Å². The molecule has 0 aliphatic heterocycles. The average molecular weight is 410 g/mol. The Kier molecular flexibility index (Phi) is 16.8. The van der Waals surface area contributed by atoms with Gasteiger partial charge in [0.1, 0.15) is 0 Å². The van der Waals surface area contributed by atoms with Crippen LogP contribution < -0.4 is 0 Å². The molecular weight excluding hydrogens is 378 g/mol. The fourth-order valence-electron chi connectivity index (χ4n) is 2.14. The molecule has 0 aromatic heterocycles. The number of esters is 2. The summed E-state index contributed by atoms with van der Waals surface area (Å²) >= 11 is 0. The molecule has 0 saturated carbocycles. The average Bonchev–Trinajstić information content (AvgIpc) is 2.40. The SMILES string of the molecule is CCCCC(CC)C(=O)OC(=O)C(CC)CCCC.[Ba+2].[H-].[H-]. The van der Waals surface area contributed by atoms with E-state index in [9.17, 15) is 9.59 Å². The number of hydrogen-bond acceptors (Lipinski definition) is 3. The van der Waals surface area contributed by atoms with Crippen LogP contribution in [0.25, 0.3) is 0 Å². The Morgan fingerprint density at radius 1 is 0.850 bits per heavy atom. The van der Waals surface area contributed by atoms with E-state index < -0.39 is 0 Å². The molecule has 20 heavy (non-hydrogen) atoms. The molecule has 0 aliphatic carbocycles. The molecule has 2 atom stereocenters. The first-order chi connectivity index (χ1) is 9.10. The van der Waals surface area contributed by atoms with Crippen LogP contribution in [0.15, 0.2) is 0 Å². The molecule has 116 valence electrons. The number of ether oxygens (including phenoxy) is 1. The number of carbonyl (C=O) groups excluding carboxylic acids is 2. The minimum Gasteiger partial charge on any atom is -1.00 e. The molecule has 0 aromatic carbocycles. The largest absolute Gasteiger partial charge is 2.00 e. The predicted molar refractivity (Wildman–Crippen MR) is 85.7 cm³/mol. The second-order valence-electron chi connectivity index (χ2n) is 5.23. The predicted octanol–water partition coefficient (Wildman–Crippen LogP) is 4.33. The van der Waals surface area contributed by atoms with Gasteiger partial charge in [0.2, 0.25) is 0 Å². The minimum atomic E-state index is -0.323. The first-order valence-corrected chi connectivity index (χ1v) is 7.86. The first-order valence-electron chi connectivity index (χ1n) is 7.86. The smallest absolute Gasteiger partial charge is 1.00 e. The van der Waals surface area contributed by atoms with Crippen molar-refractivity contribution in [1.82, 2.24) is 0 Å². The van der Waals surface area contributed by atoms with Crippen LogP contribution in [0, 0.1) is 11.8 Å². The fraction of sp³-hybridized carbons (Fsp3) is 0.875. The second kappa shape index (κ2) is 14.6. The summed E-state index contributed by atoms with van der Waals surface area (Å²) in [4.78, 5) is 23.9. The monoisotopic (exact) mass is 410 g/mol. The minimum absolute atomic E-state index is 0. The Labute approximate surface area is 167 Å². The van der Waals surface area contributed by atoms with Crippen molar-refractivity contribution in [2.45, 2.75) is 79.1 Å². The molecule has 2 unspecified atom stereocenters. The van der Waals surface area contributed by atoms with Gasteiger partial charge in [-0.05, 0) is 25.7 Å². The van der Waals surface area contributed by atoms with Gasteiger partial charge < -0.3 is 7.59 Å². The van der Waals surface area contributed by atoms with Crippen molar-refractivity contribution in [3.05, 3.63) is 0 Å². The van der Waals surface area contributed by atoms with E-state index >= 15 is 0 Å². The summed E-state index contributed by atoms with van der Waals surface area (Å²) in [6.45, 7) is 8.14. The molecule has 0 aromatic rings. The summed E-state index contributed by atoms with van der Waals surface area (Å²) in [5.74, 6) is -0.882. The van der Waals surface area contributed by atoms with Crippen LogP contribution in [0.4, 0.5) is 0 Å². The molecule has 0 rings (SSSR count). The van der Waals surface area contributed by atoms with Crippen LogP contribution >= 0.6 is 0 Å². The number of unbranched alkanes of at least 4 members (excludes halogenated alkanes) is 2. The molecule has 0 N–H and O–H groups in total. The Balaban J connectivity index is -0.000000540. The third kappa shape index (κ3) is 9.61. The quantitative estimate of drug-likeness (QED) is 0.306. The Hall–Kier alpha value is 0.711. The van der Waals surface area contributed by atoms with Crippen molar-refractivity contribution in [3.8, 4) is 0 Å². The van der Waals surface area contributed by atoms with Crippen LogP contribution in [0.2, 0.25) is 0 Å². The number of carbonyl (C=O) groups is 2. The van der Waals surface area contributed by atoms with Gasteiger partial charge in [0.25, 0.3) is 0 Å². The molecule has 0 heterocycles. The summed E-state index contributed by atoms with van der Waals surface area (Å²) in [5.41, 5.74) is 0. The van der Waals surface area contributed by atoms with Crippen LogP contribution in [-0.2, 0) is 14.3 Å². The molecule has 0 spiro atoms. The van der Waals surface area contributed by atoms with Gasteiger partial charge in [-0.25, -0.2) is 0 Å². The molecule has 4 heteroatoms. The van der Waals surface area contributed by atoms with Crippen molar-refractivity contribution in [3.63, 3.8) is 0 Å². The normalized spacial score (nSPS) is 13.2. The van der Waals surface area contributed by atoms with Crippen molar-refractivity contribution in [2.24, 2.45) is 11.8 Å². The van der Waals surface area contributed by atoms with Crippen molar-refractivity contribution >= 4 is 60.8 Å². The van der Waals surface area contributed by atoms with Crippen LogP contribution in [-0.4, -0.2) is 60.8 Å². The molecule has 3 nitrogen and oxygen atoms in total. The molecule has 0 aliphatic rings. The van der Waals surface area contributed by atoms with Gasteiger partial charge in [-0.3, -0.25) is 9.59 Å². The standard InChI is InChI=1S/C16H30O3.Ba.2H/c1-5-9-11-13(7-3)15(17)19-16(18)14(8-4)12-10-6-2;;;/h13-14H,5-12H2,1-4H3;;;/q;+2;2*-1. The van der Waals surface area contributed by atoms with Gasteiger partial charge in [0, 0.05) is 0 Å². The van der Waals surface area contributed by atoms with Gasteiger partial charge in [-0.1, -0.05) is 53.4 Å². The molecule has 0 amide bonds. The number of hydrogen-bond donors (Lipinski definition) is 0. The van der Waals surface area contributed by atoms with Gasteiger partial charge >= 0.3 is 60.8 Å². The third-order valence-corrected chi connectivity index (χ3v) is 3.67. The van der Waals surface area contributed by atoms with E-state index in [0.29, 0.717) is 0 Å². The Morgan fingerprint density at radius 3 is 1.45 bits per heavy atom. The van der Waals surface area contributed by atoms with E-state index in [2.05, 4.69) is 13.8 Å². The van der Waals surface area contributed by atoms with Gasteiger partial charge in [0.15, 0.2) is 0 Å². The van der Waals surface area contributed by atoms with Crippen LogP contribution in [0.5, 0.6) is 0 Å². The van der Waals surface area contributed by atoms with E-state index in [1.165, 1.54) is 0 Å². The molecular formula is C16H32BaO3. The van der Waals surface area contributed by atoms with Crippen molar-refractivity contribution < 1.29 is 17.2 Å². The van der Waals surface area contributed by atoms with E-state index in [4.69, 9.17) is 4.74 Å². The zero-order valence-corrected chi connectivity index (χ0v) is 18.2. The third-order valence-electron chi connectivity index (χ3n) is 3.67. The van der Waals surface area contributed by atoms with Gasteiger partial charge in [-0.15, -0.1) is 0 Å². The summed E-state index contributed by atoms with van der Waals surface area (Å²) in [6, 6.07) is 0. The van der Waals surface area contributed by atoms with Crippen molar-refractivity contribution in [2.75, 3.05) is 0 Å². The Morgan fingerprint density at radius 2 is 1.20 bits per heavy atom. The second-order valence-corrected chi connectivity index (χ2v) is 5.23. The van der Waals surface area contributed by atoms with E-state index in [-0.39, 0.29) is 75.5 Å². The topological polar surface area (TPSA) is 43.4 Å². The zero-order valence-electron chi connectivity index (χ0n) is 15.7. The van der Waals surface area contributed by atoms with E-state index in [1.54, 1.807) is 0 Å². The molecule has 0 bridgehead atoms. The molecule has 0 radical (unpaired) electrons. The van der Waals surface area contributed by atoms with Crippen LogP contribution in [0.3, 0.4) is 0 Å². The molecule has 0 saturated heterocycles. The Bertz CT molecular complexity index is 250. The maximum Gasteiger partial charge on any atom is 2.00 e. The summed E-state index contributed by atoms with van der Waals surface area (Å²) in [5, 5.41) is 0. The maximum atomic E-state index is 11.9.